The molecule has 1 aromatic carbocycles. The van der Waals surface area contributed by atoms with Crippen LogP contribution in [0.5, 0.6) is 0 Å². The Kier molecular flexibility index (Phi) is 6.37. The summed E-state index contributed by atoms with van der Waals surface area (Å²) in [6, 6.07) is 9.93. The first-order valence-electron chi connectivity index (χ1n) is 11.7. The van der Waals surface area contributed by atoms with Crippen LogP contribution in [0.2, 0.25) is 0 Å². The molecule has 2 atom stereocenters. The predicted octanol–water partition coefficient (Wildman–Crippen LogP) is 5.11. The first kappa shape index (κ1) is 21.7. The number of aryl methyl sites for hydroxylation is 2. The smallest absolute Gasteiger partial charge is 0.267 e. The van der Waals surface area contributed by atoms with Gasteiger partial charge in [-0.3, -0.25) is 14.2 Å². The van der Waals surface area contributed by atoms with Crippen LogP contribution in [0.1, 0.15) is 55.9 Å². The van der Waals surface area contributed by atoms with Gasteiger partial charge in [-0.05, 0) is 62.1 Å². The number of thioether (sulfide) groups is 1. The third kappa shape index (κ3) is 4.25. The topological polar surface area (TPSA) is 64.0 Å². The Balaban J connectivity index is 1.47. The van der Waals surface area contributed by atoms with Crippen molar-refractivity contribution < 1.29 is 4.79 Å². The van der Waals surface area contributed by atoms with Gasteiger partial charge in [0.05, 0.1) is 16.8 Å². The molecule has 2 aliphatic rings. The zero-order chi connectivity index (χ0) is 22.1. The molecule has 2 aromatic heterocycles. The van der Waals surface area contributed by atoms with Gasteiger partial charge in [0.1, 0.15) is 4.83 Å². The van der Waals surface area contributed by atoms with Crippen molar-refractivity contribution in [2.45, 2.75) is 69.5 Å². The summed E-state index contributed by atoms with van der Waals surface area (Å²) < 4.78 is 1.70. The summed E-state index contributed by atoms with van der Waals surface area (Å²) in [6.45, 7) is 2.22. The fourth-order valence-corrected chi connectivity index (χ4v) is 7.12. The number of carbonyl (C=O) groups is 1. The number of hydrogen-bond donors (Lipinski definition) is 1. The number of nitrogens with one attached hydrogen (secondary N) is 1. The van der Waals surface area contributed by atoms with Crippen molar-refractivity contribution >= 4 is 39.2 Å². The number of nitrogens with zero attached hydrogens (tertiary/aromatic N) is 2. The molecule has 1 N–H and O–H groups in total. The van der Waals surface area contributed by atoms with E-state index in [4.69, 9.17) is 4.98 Å². The number of para-hydroxylation sites is 1. The lowest BCUT2D eigenvalue weighted by atomic mass is 9.86. The maximum atomic E-state index is 13.7. The largest absolute Gasteiger partial charge is 0.352 e. The summed E-state index contributed by atoms with van der Waals surface area (Å²) in [7, 11) is 0. The average molecular weight is 468 g/mol. The standard InChI is InChI=1S/C25H29N3O2S2/c1-16-9-5-7-13-19(16)26-21(29)15-31-25-27-23-22(18-12-6-8-14-20(18)32-23)24(30)28(25)17-10-3-2-4-11-17/h2-4,10-11,16,19H,5-9,12-15H2,1H3,(H,26,29). The van der Waals surface area contributed by atoms with Gasteiger partial charge in [-0.1, -0.05) is 49.7 Å². The summed E-state index contributed by atoms with van der Waals surface area (Å²) in [5.41, 5.74) is 1.98. The second-order valence-electron chi connectivity index (χ2n) is 8.99. The van der Waals surface area contributed by atoms with Gasteiger partial charge in [0.25, 0.3) is 5.56 Å². The minimum Gasteiger partial charge on any atom is -0.352 e. The van der Waals surface area contributed by atoms with Crippen LogP contribution in [0.3, 0.4) is 0 Å². The first-order valence-corrected chi connectivity index (χ1v) is 13.5. The van der Waals surface area contributed by atoms with E-state index in [1.165, 1.54) is 47.9 Å². The Labute approximate surface area is 196 Å². The molecule has 7 heteroatoms. The molecule has 168 valence electrons. The fraction of sp³-hybridized carbons (Fsp3) is 0.480. The third-order valence-corrected chi connectivity index (χ3v) is 8.89. The molecular weight excluding hydrogens is 438 g/mol. The molecule has 2 aliphatic carbocycles. The molecule has 1 saturated carbocycles. The second kappa shape index (κ2) is 9.40. The van der Waals surface area contributed by atoms with Crippen molar-refractivity contribution in [3.05, 3.63) is 51.1 Å². The van der Waals surface area contributed by atoms with Crippen LogP contribution in [-0.4, -0.2) is 27.3 Å². The highest BCUT2D eigenvalue weighted by molar-refractivity contribution is 7.99. The second-order valence-corrected chi connectivity index (χ2v) is 11.0. The summed E-state index contributed by atoms with van der Waals surface area (Å²) in [4.78, 5) is 33.5. The van der Waals surface area contributed by atoms with Crippen LogP contribution in [0.4, 0.5) is 0 Å². The Hall–Kier alpha value is -2.12. The Bertz CT molecular complexity index is 1190. The van der Waals surface area contributed by atoms with E-state index >= 15 is 0 Å². The normalized spacial score (nSPS) is 20.8. The summed E-state index contributed by atoms with van der Waals surface area (Å²) >= 11 is 3.02. The highest BCUT2D eigenvalue weighted by atomic mass is 32.2. The van der Waals surface area contributed by atoms with Gasteiger partial charge in [0.15, 0.2) is 5.16 Å². The quantitative estimate of drug-likeness (QED) is 0.418. The van der Waals surface area contributed by atoms with E-state index in [1.807, 2.05) is 30.3 Å². The van der Waals surface area contributed by atoms with Crippen LogP contribution in [0.15, 0.2) is 40.3 Å². The van der Waals surface area contributed by atoms with E-state index < -0.39 is 0 Å². The van der Waals surface area contributed by atoms with Gasteiger partial charge in [-0.25, -0.2) is 4.98 Å². The number of thiophene rings is 1. The summed E-state index contributed by atoms with van der Waals surface area (Å²) in [5, 5.41) is 4.59. The molecule has 5 nitrogen and oxygen atoms in total. The maximum Gasteiger partial charge on any atom is 0.267 e. The summed E-state index contributed by atoms with van der Waals surface area (Å²) in [5.74, 6) is 0.805. The zero-order valence-electron chi connectivity index (χ0n) is 18.4. The SMILES string of the molecule is CC1CCCCC1NC(=O)CSc1nc2sc3c(c2c(=O)n1-c1ccccc1)CCCC3. The average Bonchev–Trinajstić information content (AvgIpc) is 3.18. The fourth-order valence-electron chi connectivity index (χ4n) is 5.00. The Morgan fingerprint density at radius 3 is 2.75 bits per heavy atom. The molecule has 32 heavy (non-hydrogen) atoms. The van der Waals surface area contributed by atoms with Crippen LogP contribution in [-0.2, 0) is 17.6 Å². The molecule has 0 spiro atoms. The highest BCUT2D eigenvalue weighted by Gasteiger charge is 2.25. The lowest BCUT2D eigenvalue weighted by molar-refractivity contribution is -0.119. The molecular formula is C25H29N3O2S2. The molecule has 0 aliphatic heterocycles. The molecule has 0 bridgehead atoms. The maximum absolute atomic E-state index is 13.7. The molecule has 3 aromatic rings. The zero-order valence-corrected chi connectivity index (χ0v) is 20.1. The lowest BCUT2D eigenvalue weighted by Gasteiger charge is -2.29. The minimum atomic E-state index is -0.00980. The van der Waals surface area contributed by atoms with Gasteiger partial charge in [0.2, 0.25) is 5.91 Å². The van der Waals surface area contributed by atoms with E-state index in [1.54, 1.807) is 15.9 Å². The van der Waals surface area contributed by atoms with E-state index in [0.29, 0.717) is 11.1 Å². The molecule has 0 radical (unpaired) electrons. The minimum absolute atomic E-state index is 0.00980. The van der Waals surface area contributed by atoms with E-state index in [0.717, 1.165) is 41.6 Å². The molecule has 2 heterocycles. The number of benzene rings is 1. The molecule has 2 unspecified atom stereocenters. The highest BCUT2D eigenvalue weighted by Crippen LogP contribution is 2.35. The number of hydrogen-bond acceptors (Lipinski definition) is 5. The number of rotatable bonds is 5. The van der Waals surface area contributed by atoms with Crippen molar-refractivity contribution in [3.8, 4) is 5.69 Å². The van der Waals surface area contributed by atoms with Crippen LogP contribution in [0, 0.1) is 5.92 Å². The Morgan fingerprint density at radius 1 is 1.16 bits per heavy atom. The van der Waals surface area contributed by atoms with Gasteiger partial charge in [-0.15, -0.1) is 11.3 Å². The van der Waals surface area contributed by atoms with E-state index in [9.17, 15) is 9.59 Å². The number of aromatic nitrogens is 2. The summed E-state index contributed by atoms with van der Waals surface area (Å²) in [6.07, 6.45) is 8.94. The van der Waals surface area contributed by atoms with Gasteiger partial charge < -0.3 is 5.32 Å². The molecule has 1 fully saturated rings. The van der Waals surface area contributed by atoms with Gasteiger partial charge in [-0.2, -0.15) is 0 Å². The molecule has 0 saturated heterocycles. The van der Waals surface area contributed by atoms with Crippen LogP contribution < -0.4 is 10.9 Å². The van der Waals surface area contributed by atoms with Gasteiger partial charge in [0, 0.05) is 10.9 Å². The first-order chi connectivity index (χ1) is 15.6. The number of fused-ring (bicyclic) bond motifs is 3. The number of amides is 1. The van der Waals surface area contributed by atoms with Crippen molar-refractivity contribution in [2.75, 3.05) is 5.75 Å². The van der Waals surface area contributed by atoms with Crippen LogP contribution in [0.25, 0.3) is 15.9 Å². The third-order valence-electron chi connectivity index (χ3n) is 6.76. The van der Waals surface area contributed by atoms with Crippen molar-refractivity contribution in [2.24, 2.45) is 5.92 Å². The molecule has 5 rings (SSSR count). The number of carbonyl (C=O) groups excluding carboxylic acids is 1. The van der Waals surface area contributed by atoms with Crippen molar-refractivity contribution in [1.82, 2.24) is 14.9 Å². The Morgan fingerprint density at radius 2 is 1.94 bits per heavy atom. The van der Waals surface area contributed by atoms with E-state index in [2.05, 4.69) is 12.2 Å². The monoisotopic (exact) mass is 467 g/mol. The van der Waals surface area contributed by atoms with Crippen LogP contribution >= 0.6 is 23.1 Å². The molecule has 1 amide bonds. The van der Waals surface area contributed by atoms with Crippen molar-refractivity contribution in [3.63, 3.8) is 0 Å². The predicted molar refractivity (Wildman–Crippen MR) is 132 cm³/mol. The van der Waals surface area contributed by atoms with Crippen molar-refractivity contribution in [1.29, 1.82) is 0 Å². The lowest BCUT2D eigenvalue weighted by Crippen LogP contribution is -2.41. The van der Waals surface area contributed by atoms with E-state index in [-0.39, 0.29) is 23.3 Å². The van der Waals surface area contributed by atoms with Gasteiger partial charge >= 0.3 is 0 Å².